The molecule has 6 nitrogen and oxygen atoms in total. The summed E-state index contributed by atoms with van der Waals surface area (Å²) in [4.78, 5) is 19.9. The quantitative estimate of drug-likeness (QED) is 0.530. The van der Waals surface area contributed by atoms with Crippen molar-refractivity contribution in [2.24, 2.45) is 0 Å². The number of imidazole rings is 1. The van der Waals surface area contributed by atoms with Gasteiger partial charge in [0.25, 0.3) is 5.91 Å². The first-order valence-corrected chi connectivity index (χ1v) is 8.22. The number of rotatable bonds is 3. The highest BCUT2D eigenvalue weighted by molar-refractivity contribution is 6.11. The number of hydrogen-bond donors (Lipinski definition) is 2. The zero-order valence-electron chi connectivity index (χ0n) is 14.5. The number of aryl methyl sites for hydroxylation is 1. The highest BCUT2D eigenvalue weighted by atomic mass is 19.4. The maximum atomic E-state index is 13.0. The van der Waals surface area contributed by atoms with Gasteiger partial charge in [0.1, 0.15) is 17.1 Å². The Kier molecular flexibility index (Phi) is 4.14. The summed E-state index contributed by atoms with van der Waals surface area (Å²) in [7, 11) is 0. The average Bonchev–Trinajstić information content (AvgIpc) is 3.26. The van der Waals surface area contributed by atoms with Crippen molar-refractivity contribution >= 4 is 22.8 Å². The van der Waals surface area contributed by atoms with Crippen molar-refractivity contribution in [1.29, 1.82) is 0 Å². The number of nitrogens with one attached hydrogen (secondary N) is 2. The molecule has 2 heterocycles. The van der Waals surface area contributed by atoms with Gasteiger partial charge in [0.2, 0.25) is 0 Å². The molecule has 2 N–H and O–H groups in total. The molecule has 0 aliphatic heterocycles. The van der Waals surface area contributed by atoms with Crippen molar-refractivity contribution in [3.05, 3.63) is 65.4 Å². The van der Waals surface area contributed by atoms with Crippen LogP contribution in [0.2, 0.25) is 0 Å². The molecule has 0 aliphatic rings. The lowest BCUT2D eigenvalue weighted by molar-refractivity contribution is -0.137. The third kappa shape index (κ3) is 3.34. The van der Waals surface area contributed by atoms with Gasteiger partial charge in [-0.25, -0.2) is 4.98 Å². The lowest BCUT2D eigenvalue weighted by atomic mass is 10.1. The number of anilines is 1. The monoisotopic (exact) mass is 386 g/mol. The molecular formula is C19H13F3N4O2. The van der Waals surface area contributed by atoms with E-state index in [0.29, 0.717) is 16.8 Å². The molecule has 2 aromatic carbocycles. The fourth-order valence-electron chi connectivity index (χ4n) is 2.80. The number of halogens is 3. The molecule has 0 aliphatic carbocycles. The molecule has 28 heavy (non-hydrogen) atoms. The number of aromatic nitrogens is 3. The van der Waals surface area contributed by atoms with E-state index in [4.69, 9.17) is 4.52 Å². The number of alkyl halides is 3. The molecule has 4 rings (SSSR count). The van der Waals surface area contributed by atoms with Crippen LogP contribution in [0.4, 0.5) is 19.0 Å². The lowest BCUT2D eigenvalue weighted by Crippen LogP contribution is -2.12. The maximum absolute atomic E-state index is 13.0. The van der Waals surface area contributed by atoms with E-state index >= 15 is 0 Å². The van der Waals surface area contributed by atoms with Crippen LogP contribution in [0.1, 0.15) is 21.7 Å². The molecule has 0 radical (unpaired) electrons. The Balaban J connectivity index is 1.72. The normalized spacial score (nSPS) is 11.7. The second-order valence-electron chi connectivity index (χ2n) is 6.14. The summed E-state index contributed by atoms with van der Waals surface area (Å²) in [6.45, 7) is 1.69. The van der Waals surface area contributed by atoms with E-state index in [0.717, 1.165) is 12.1 Å². The van der Waals surface area contributed by atoms with E-state index in [1.54, 1.807) is 31.2 Å². The van der Waals surface area contributed by atoms with E-state index in [9.17, 15) is 18.0 Å². The minimum Gasteiger partial charge on any atom is -0.360 e. The van der Waals surface area contributed by atoms with Crippen LogP contribution in [-0.2, 0) is 6.18 Å². The van der Waals surface area contributed by atoms with Gasteiger partial charge in [-0.05, 0) is 31.2 Å². The summed E-state index contributed by atoms with van der Waals surface area (Å²) in [6, 6.07) is 11.3. The molecule has 1 amide bonds. The van der Waals surface area contributed by atoms with Gasteiger partial charge in [0.15, 0.2) is 5.82 Å². The molecule has 0 saturated carbocycles. The number of amides is 1. The topological polar surface area (TPSA) is 83.8 Å². The zero-order valence-corrected chi connectivity index (χ0v) is 14.5. The molecule has 0 unspecified atom stereocenters. The van der Waals surface area contributed by atoms with E-state index in [1.807, 2.05) is 0 Å². The second-order valence-corrected chi connectivity index (χ2v) is 6.14. The highest BCUT2D eigenvalue weighted by Gasteiger charge is 2.30. The van der Waals surface area contributed by atoms with E-state index in [-0.39, 0.29) is 22.8 Å². The molecule has 0 atom stereocenters. The van der Waals surface area contributed by atoms with E-state index < -0.39 is 17.6 Å². The van der Waals surface area contributed by atoms with Crippen molar-refractivity contribution in [2.45, 2.75) is 13.1 Å². The summed E-state index contributed by atoms with van der Waals surface area (Å²) in [6.07, 6.45) is -4.46. The van der Waals surface area contributed by atoms with Crippen molar-refractivity contribution in [1.82, 2.24) is 15.1 Å². The van der Waals surface area contributed by atoms with Gasteiger partial charge in [0, 0.05) is 11.6 Å². The third-order valence-corrected chi connectivity index (χ3v) is 4.09. The first-order valence-electron chi connectivity index (χ1n) is 8.22. The first kappa shape index (κ1) is 17.8. The van der Waals surface area contributed by atoms with Gasteiger partial charge < -0.3 is 14.8 Å². The van der Waals surface area contributed by atoms with Gasteiger partial charge in [0.05, 0.1) is 16.6 Å². The van der Waals surface area contributed by atoms with Crippen molar-refractivity contribution in [2.75, 3.05) is 5.32 Å². The van der Waals surface area contributed by atoms with Gasteiger partial charge >= 0.3 is 6.18 Å². The Hall–Kier alpha value is -3.62. The molecule has 142 valence electrons. The van der Waals surface area contributed by atoms with Crippen LogP contribution in [0, 0.1) is 6.92 Å². The Morgan fingerprint density at radius 3 is 2.64 bits per heavy atom. The number of fused-ring (bicyclic) bond motifs is 1. The molecule has 0 fully saturated rings. The minimum atomic E-state index is -4.46. The summed E-state index contributed by atoms with van der Waals surface area (Å²) in [5.74, 6) is 0.577. The Morgan fingerprint density at radius 1 is 1.14 bits per heavy atom. The number of hydrogen-bond acceptors (Lipinski definition) is 4. The van der Waals surface area contributed by atoms with Gasteiger partial charge in [-0.2, -0.15) is 13.2 Å². The Bertz CT molecular complexity index is 1180. The number of carbonyl (C=O) groups excluding carboxylic acids is 1. The largest absolute Gasteiger partial charge is 0.416 e. The molecule has 0 saturated heterocycles. The fraction of sp³-hybridized carbons (Fsp3) is 0.105. The van der Waals surface area contributed by atoms with Crippen LogP contribution in [-0.4, -0.2) is 21.0 Å². The number of benzene rings is 2. The first-order chi connectivity index (χ1) is 13.3. The summed E-state index contributed by atoms with van der Waals surface area (Å²) < 4.78 is 43.8. The molecule has 4 aromatic rings. The van der Waals surface area contributed by atoms with Crippen LogP contribution in [0.5, 0.6) is 0 Å². The molecule has 0 bridgehead atoms. The van der Waals surface area contributed by atoms with Crippen molar-refractivity contribution < 1.29 is 22.5 Å². The summed E-state index contributed by atoms with van der Waals surface area (Å²) in [5.41, 5.74) is 0.617. The predicted octanol–water partition coefficient (Wildman–Crippen LogP) is 4.80. The van der Waals surface area contributed by atoms with Crippen molar-refractivity contribution in [3.8, 4) is 11.4 Å². The number of aromatic amines is 1. The lowest BCUT2D eigenvalue weighted by Gasteiger charge is -2.07. The van der Waals surface area contributed by atoms with Crippen LogP contribution >= 0.6 is 0 Å². The molecule has 0 spiro atoms. The van der Waals surface area contributed by atoms with Crippen LogP contribution < -0.4 is 5.32 Å². The average molecular weight is 386 g/mol. The van der Waals surface area contributed by atoms with Gasteiger partial charge in [-0.3, -0.25) is 4.79 Å². The zero-order chi connectivity index (χ0) is 19.9. The number of H-pyrrole nitrogens is 1. The highest BCUT2D eigenvalue weighted by Crippen LogP contribution is 2.32. The van der Waals surface area contributed by atoms with Gasteiger partial charge in [-0.1, -0.05) is 23.4 Å². The Labute approximate surface area is 156 Å². The minimum absolute atomic E-state index is 0.235. The second kappa shape index (κ2) is 6.52. The smallest absolute Gasteiger partial charge is 0.360 e. The SMILES string of the molecule is Cc1cc(NC(=O)c2cccc3[nH]c(-c4cccc(C(F)(F)F)c4)nc23)no1. The van der Waals surface area contributed by atoms with Crippen LogP contribution in [0.15, 0.2) is 53.1 Å². The van der Waals surface area contributed by atoms with Crippen molar-refractivity contribution in [3.63, 3.8) is 0 Å². The summed E-state index contributed by atoms with van der Waals surface area (Å²) >= 11 is 0. The Morgan fingerprint density at radius 2 is 1.93 bits per heavy atom. The van der Waals surface area contributed by atoms with Crippen LogP contribution in [0.25, 0.3) is 22.4 Å². The van der Waals surface area contributed by atoms with E-state index in [2.05, 4.69) is 20.4 Å². The maximum Gasteiger partial charge on any atom is 0.416 e. The predicted molar refractivity (Wildman–Crippen MR) is 95.7 cm³/mol. The number of para-hydroxylation sites is 1. The molecular weight excluding hydrogens is 373 g/mol. The van der Waals surface area contributed by atoms with Crippen LogP contribution in [0.3, 0.4) is 0 Å². The molecule has 2 aromatic heterocycles. The third-order valence-electron chi connectivity index (χ3n) is 4.09. The summed E-state index contributed by atoms with van der Waals surface area (Å²) in [5, 5.41) is 6.31. The molecule has 9 heteroatoms. The number of carbonyl (C=O) groups is 1. The standard InChI is InChI=1S/C19H13F3N4O2/c1-10-8-15(26-28-10)24-18(27)13-6-3-7-14-16(13)25-17(23-14)11-4-2-5-12(9-11)19(20,21)22/h2-9H,1H3,(H,23,25)(H,24,26,27). The fourth-order valence-corrected chi connectivity index (χ4v) is 2.80. The van der Waals surface area contributed by atoms with E-state index in [1.165, 1.54) is 12.1 Å². The van der Waals surface area contributed by atoms with Gasteiger partial charge in [-0.15, -0.1) is 0 Å². The number of nitrogens with zero attached hydrogens (tertiary/aromatic N) is 2.